The van der Waals surface area contributed by atoms with Gasteiger partial charge >= 0.3 is 12.1 Å². The predicted molar refractivity (Wildman–Crippen MR) is 163 cm³/mol. The molecule has 43 heavy (non-hydrogen) atoms. The first-order chi connectivity index (χ1) is 20.5. The van der Waals surface area contributed by atoms with Crippen molar-refractivity contribution in [2.45, 2.75) is 51.8 Å². The molecule has 0 aromatic heterocycles. The van der Waals surface area contributed by atoms with Gasteiger partial charge in [-0.1, -0.05) is 42.5 Å². The predicted octanol–water partition coefficient (Wildman–Crippen LogP) is 5.78. The van der Waals surface area contributed by atoms with Crippen molar-refractivity contribution < 1.29 is 33.7 Å². The summed E-state index contributed by atoms with van der Waals surface area (Å²) >= 11 is 0. The third kappa shape index (κ3) is 9.04. The number of methoxy groups -OCH3 is 1. The first-order valence-corrected chi connectivity index (χ1v) is 14.2. The van der Waals surface area contributed by atoms with Gasteiger partial charge < -0.3 is 30.0 Å². The Morgan fingerprint density at radius 2 is 1.65 bits per heavy atom. The number of ether oxygens (including phenoxy) is 3. The summed E-state index contributed by atoms with van der Waals surface area (Å²) in [5.74, 6) is -1.33. The van der Waals surface area contributed by atoms with E-state index in [1.807, 2.05) is 57.2 Å². The Morgan fingerprint density at radius 1 is 0.930 bits per heavy atom. The second kappa shape index (κ2) is 14.2. The number of carbonyl (C=O) groups is 3. The van der Waals surface area contributed by atoms with Crippen LogP contribution in [0.25, 0.3) is 11.1 Å². The summed E-state index contributed by atoms with van der Waals surface area (Å²) in [6.45, 7) is 7.57. The molecular formula is C33H39N3O7. The van der Waals surface area contributed by atoms with E-state index >= 15 is 0 Å². The van der Waals surface area contributed by atoms with Crippen molar-refractivity contribution in [2.24, 2.45) is 0 Å². The van der Waals surface area contributed by atoms with Gasteiger partial charge in [-0.3, -0.25) is 9.69 Å². The van der Waals surface area contributed by atoms with Crippen LogP contribution in [-0.2, 0) is 16.0 Å². The van der Waals surface area contributed by atoms with E-state index in [1.54, 1.807) is 24.3 Å². The molecule has 0 bridgehead atoms. The van der Waals surface area contributed by atoms with Gasteiger partial charge in [0.25, 0.3) is 5.91 Å². The van der Waals surface area contributed by atoms with Crippen LogP contribution in [0.1, 0.15) is 59.9 Å². The molecule has 0 spiro atoms. The number of likely N-dealkylation sites (tertiary alicyclic amines) is 1. The highest BCUT2D eigenvalue weighted by Gasteiger charge is 2.24. The van der Waals surface area contributed by atoms with Crippen molar-refractivity contribution in [1.29, 1.82) is 0 Å². The lowest BCUT2D eigenvalue weighted by molar-refractivity contribution is 0.0476. The van der Waals surface area contributed by atoms with E-state index in [1.165, 1.54) is 13.2 Å². The van der Waals surface area contributed by atoms with E-state index in [4.69, 9.17) is 14.2 Å². The van der Waals surface area contributed by atoms with Crippen molar-refractivity contribution in [2.75, 3.05) is 32.3 Å². The van der Waals surface area contributed by atoms with Gasteiger partial charge in [0.05, 0.1) is 16.8 Å². The van der Waals surface area contributed by atoms with Gasteiger partial charge in [-0.25, -0.2) is 9.59 Å². The Hall–Kier alpha value is -4.41. The number of rotatable bonds is 10. The topological polar surface area (TPSA) is 126 Å². The third-order valence-electron chi connectivity index (χ3n) is 6.94. The van der Waals surface area contributed by atoms with Crippen LogP contribution in [0.3, 0.4) is 0 Å². The lowest BCUT2D eigenvalue weighted by Crippen LogP contribution is -2.45. The highest BCUT2D eigenvalue weighted by Crippen LogP contribution is 2.28. The van der Waals surface area contributed by atoms with E-state index in [0.717, 1.165) is 42.6 Å². The minimum absolute atomic E-state index is 0.0218. The summed E-state index contributed by atoms with van der Waals surface area (Å²) in [6, 6.07) is 19.8. The van der Waals surface area contributed by atoms with E-state index in [0.29, 0.717) is 12.3 Å². The van der Waals surface area contributed by atoms with Gasteiger partial charge in [-0.05, 0) is 74.6 Å². The average molecular weight is 590 g/mol. The largest absolute Gasteiger partial charge is 0.478 e. The molecule has 1 aliphatic rings. The van der Waals surface area contributed by atoms with Crippen molar-refractivity contribution in [3.8, 4) is 16.9 Å². The minimum Gasteiger partial charge on any atom is -0.478 e. The molecular weight excluding hydrogens is 550 g/mol. The zero-order valence-corrected chi connectivity index (χ0v) is 25.0. The second-order valence-electron chi connectivity index (χ2n) is 11.5. The maximum Gasteiger partial charge on any atom is 0.407 e. The number of piperidine rings is 1. The maximum absolute atomic E-state index is 13.6. The van der Waals surface area contributed by atoms with Crippen molar-refractivity contribution >= 4 is 23.7 Å². The summed E-state index contributed by atoms with van der Waals surface area (Å²) in [7, 11) is 1.49. The van der Waals surface area contributed by atoms with Crippen LogP contribution in [-0.4, -0.2) is 66.6 Å². The first-order valence-electron chi connectivity index (χ1n) is 14.2. The smallest absolute Gasteiger partial charge is 0.407 e. The number of anilines is 1. The van der Waals surface area contributed by atoms with Gasteiger partial charge in [-0.2, -0.15) is 0 Å². The van der Waals surface area contributed by atoms with Crippen LogP contribution in [0, 0.1) is 0 Å². The highest BCUT2D eigenvalue weighted by atomic mass is 16.7. The highest BCUT2D eigenvalue weighted by molar-refractivity contribution is 6.09. The number of nitrogens with zero attached hydrogens (tertiary/aromatic N) is 1. The molecule has 4 rings (SSSR count). The molecule has 1 fully saturated rings. The summed E-state index contributed by atoms with van der Waals surface area (Å²) in [6.07, 6.45) is 1.14. The fourth-order valence-electron chi connectivity index (χ4n) is 4.90. The maximum atomic E-state index is 13.6. The van der Waals surface area contributed by atoms with Crippen LogP contribution in [0.2, 0.25) is 0 Å². The van der Waals surface area contributed by atoms with Gasteiger partial charge in [-0.15, -0.1) is 0 Å². The number of alkyl carbamates (subject to hydrolysis) is 1. The number of amides is 2. The molecule has 1 aliphatic heterocycles. The zero-order valence-electron chi connectivity index (χ0n) is 25.0. The number of carboxylic acids is 1. The van der Waals surface area contributed by atoms with E-state index < -0.39 is 23.6 Å². The Bertz CT molecular complexity index is 1430. The molecule has 0 saturated carbocycles. The molecule has 10 heteroatoms. The number of nitrogens with one attached hydrogen (secondary N) is 2. The molecule has 0 aliphatic carbocycles. The number of hydrogen-bond donors (Lipinski definition) is 3. The normalized spacial score (nSPS) is 14.1. The average Bonchev–Trinajstić information content (AvgIpc) is 2.96. The number of carboxylic acid groups (broad SMARTS) is 1. The quantitative estimate of drug-likeness (QED) is 0.254. The monoisotopic (exact) mass is 589 g/mol. The van der Waals surface area contributed by atoms with Crippen LogP contribution in [0.4, 0.5) is 10.5 Å². The van der Waals surface area contributed by atoms with Gasteiger partial charge in [0.2, 0.25) is 0 Å². The molecule has 0 atom stereocenters. The molecule has 3 aromatic carbocycles. The Labute approximate surface area is 251 Å². The zero-order chi connectivity index (χ0) is 31.0. The Balaban J connectivity index is 1.49. The van der Waals surface area contributed by atoms with Crippen LogP contribution in [0.15, 0.2) is 66.7 Å². The van der Waals surface area contributed by atoms with E-state index in [9.17, 15) is 19.5 Å². The fourth-order valence-corrected chi connectivity index (χ4v) is 4.90. The molecule has 1 heterocycles. The van der Waals surface area contributed by atoms with Crippen molar-refractivity contribution in [3.63, 3.8) is 0 Å². The molecule has 1 saturated heterocycles. The minimum atomic E-state index is -1.15. The van der Waals surface area contributed by atoms with Crippen LogP contribution >= 0.6 is 0 Å². The van der Waals surface area contributed by atoms with Gasteiger partial charge in [0, 0.05) is 32.8 Å². The van der Waals surface area contributed by atoms with E-state index in [-0.39, 0.29) is 29.6 Å². The third-order valence-corrected chi connectivity index (χ3v) is 6.94. The lowest BCUT2D eigenvalue weighted by Gasteiger charge is -2.33. The number of carbonyl (C=O) groups excluding carboxylic acids is 2. The summed E-state index contributed by atoms with van der Waals surface area (Å²) in [5, 5.41) is 15.5. The van der Waals surface area contributed by atoms with Crippen LogP contribution < -0.4 is 15.4 Å². The summed E-state index contributed by atoms with van der Waals surface area (Å²) in [5.41, 5.74) is 2.44. The first kappa shape index (κ1) is 31.5. The van der Waals surface area contributed by atoms with Crippen LogP contribution in [0.5, 0.6) is 5.75 Å². The SMILES string of the molecule is COCOc1ccc(CN2CCC(NC(=O)OC(C)(C)C)CC2)cc1C(=O)Nc1cc(-c2ccccc2)ccc1C(=O)O. The lowest BCUT2D eigenvalue weighted by atomic mass is 10.0. The molecule has 228 valence electrons. The van der Waals surface area contributed by atoms with E-state index in [2.05, 4.69) is 15.5 Å². The number of benzene rings is 3. The summed E-state index contributed by atoms with van der Waals surface area (Å²) in [4.78, 5) is 40.0. The molecule has 2 amide bonds. The molecule has 3 aromatic rings. The van der Waals surface area contributed by atoms with Crippen molar-refractivity contribution in [3.05, 3.63) is 83.4 Å². The summed E-state index contributed by atoms with van der Waals surface area (Å²) < 4.78 is 16.1. The fraction of sp³-hybridized carbons (Fsp3) is 0.364. The van der Waals surface area contributed by atoms with Gasteiger partial charge in [0.1, 0.15) is 11.4 Å². The molecule has 3 N–H and O–H groups in total. The molecule has 0 radical (unpaired) electrons. The van der Waals surface area contributed by atoms with Gasteiger partial charge in [0.15, 0.2) is 6.79 Å². The number of aromatic carboxylic acids is 1. The molecule has 0 unspecified atom stereocenters. The molecule has 10 nitrogen and oxygen atoms in total. The Morgan fingerprint density at radius 3 is 2.30 bits per heavy atom. The van der Waals surface area contributed by atoms with Crippen molar-refractivity contribution in [1.82, 2.24) is 10.2 Å². The Kier molecular flexibility index (Phi) is 10.4. The second-order valence-corrected chi connectivity index (χ2v) is 11.5. The standard InChI is InChI=1S/C33H39N3O7/c1-33(2,3)43-32(40)34-25-14-16-36(17-15-25)20-22-10-13-29(42-21-41-4)27(18-22)30(37)35-28-19-24(11-12-26(28)31(38)39)23-8-6-5-7-9-23/h5-13,18-19,25H,14-17,20-21H2,1-4H3,(H,34,40)(H,35,37)(H,38,39). The number of hydrogen-bond acceptors (Lipinski definition) is 7.